The SMILES string of the molecule is CCn1nc(C2CCCN2S(=O)(=O)c2ccc(OC)cc2)c2c1CCOC2. The van der Waals surface area contributed by atoms with Crippen LogP contribution in [-0.2, 0) is 34.3 Å². The molecule has 8 heteroatoms. The Hall–Kier alpha value is -1.90. The molecule has 1 saturated heterocycles. The van der Waals surface area contributed by atoms with E-state index in [9.17, 15) is 8.42 Å². The molecular formula is C19H25N3O4S. The van der Waals surface area contributed by atoms with E-state index in [1.54, 1.807) is 35.7 Å². The molecule has 2 aliphatic rings. The summed E-state index contributed by atoms with van der Waals surface area (Å²) in [4.78, 5) is 0.287. The lowest BCUT2D eigenvalue weighted by atomic mass is 10.0. The first-order valence-corrected chi connectivity index (χ1v) is 10.8. The molecule has 0 aliphatic carbocycles. The summed E-state index contributed by atoms with van der Waals surface area (Å²) in [5, 5.41) is 4.79. The normalized spacial score (nSPS) is 20.6. The third-order valence-corrected chi connectivity index (χ3v) is 7.33. The quantitative estimate of drug-likeness (QED) is 0.783. The molecule has 7 nitrogen and oxygen atoms in total. The molecule has 3 heterocycles. The van der Waals surface area contributed by atoms with Crippen LogP contribution >= 0.6 is 0 Å². The van der Waals surface area contributed by atoms with Gasteiger partial charge in [0, 0.05) is 30.8 Å². The van der Waals surface area contributed by atoms with Crippen LogP contribution in [0.15, 0.2) is 29.2 Å². The summed E-state index contributed by atoms with van der Waals surface area (Å²) in [6, 6.07) is 6.33. The maximum absolute atomic E-state index is 13.3. The van der Waals surface area contributed by atoms with E-state index >= 15 is 0 Å². The van der Waals surface area contributed by atoms with Crippen molar-refractivity contribution >= 4 is 10.0 Å². The fraction of sp³-hybridized carbons (Fsp3) is 0.526. The molecule has 27 heavy (non-hydrogen) atoms. The number of hydrogen-bond donors (Lipinski definition) is 0. The van der Waals surface area contributed by atoms with E-state index in [1.165, 1.54) is 5.69 Å². The van der Waals surface area contributed by atoms with Gasteiger partial charge in [-0.25, -0.2) is 8.42 Å². The van der Waals surface area contributed by atoms with Gasteiger partial charge in [-0.2, -0.15) is 9.40 Å². The number of ether oxygens (including phenoxy) is 2. The number of aromatic nitrogens is 2. The highest BCUT2D eigenvalue weighted by atomic mass is 32.2. The van der Waals surface area contributed by atoms with Crippen LogP contribution in [0, 0.1) is 0 Å². The van der Waals surface area contributed by atoms with Crippen molar-refractivity contribution in [3.63, 3.8) is 0 Å². The second-order valence-corrected chi connectivity index (χ2v) is 8.77. The Bertz CT molecular complexity index is 921. The van der Waals surface area contributed by atoms with Crippen LogP contribution in [0.5, 0.6) is 5.75 Å². The molecule has 0 N–H and O–H groups in total. The Kier molecular flexibility index (Phi) is 4.96. The van der Waals surface area contributed by atoms with E-state index in [1.807, 2.05) is 4.68 Å². The summed E-state index contributed by atoms with van der Waals surface area (Å²) in [7, 11) is -2.03. The van der Waals surface area contributed by atoms with Crippen LogP contribution in [-0.4, -0.2) is 42.8 Å². The molecule has 0 bridgehead atoms. The molecule has 1 unspecified atom stereocenters. The maximum atomic E-state index is 13.3. The molecule has 0 amide bonds. The monoisotopic (exact) mass is 391 g/mol. The van der Waals surface area contributed by atoms with E-state index in [2.05, 4.69) is 6.92 Å². The number of benzene rings is 1. The average molecular weight is 391 g/mol. The second kappa shape index (κ2) is 7.26. The van der Waals surface area contributed by atoms with Crippen LogP contribution in [0.3, 0.4) is 0 Å². The van der Waals surface area contributed by atoms with Gasteiger partial charge in [0.2, 0.25) is 10.0 Å². The zero-order valence-electron chi connectivity index (χ0n) is 15.7. The number of hydrogen-bond acceptors (Lipinski definition) is 5. The fourth-order valence-corrected chi connectivity index (χ4v) is 5.71. The first-order chi connectivity index (χ1) is 13.1. The minimum atomic E-state index is -3.60. The Labute approximate surface area is 159 Å². The Morgan fingerprint density at radius 1 is 1.30 bits per heavy atom. The van der Waals surface area contributed by atoms with Crippen molar-refractivity contribution in [2.45, 2.75) is 50.3 Å². The van der Waals surface area contributed by atoms with Gasteiger partial charge in [0.15, 0.2) is 0 Å². The van der Waals surface area contributed by atoms with Crippen LogP contribution in [0.4, 0.5) is 0 Å². The van der Waals surface area contributed by atoms with Gasteiger partial charge in [0.1, 0.15) is 5.75 Å². The molecule has 2 aliphatic heterocycles. The highest BCUT2D eigenvalue weighted by Crippen LogP contribution is 2.39. The lowest BCUT2D eigenvalue weighted by molar-refractivity contribution is 0.107. The number of rotatable bonds is 5. The maximum Gasteiger partial charge on any atom is 0.243 e. The van der Waals surface area contributed by atoms with Crippen LogP contribution < -0.4 is 4.74 Å². The first kappa shape index (κ1) is 18.5. The molecule has 1 aromatic heterocycles. The molecular weight excluding hydrogens is 366 g/mol. The van der Waals surface area contributed by atoms with E-state index in [-0.39, 0.29) is 10.9 Å². The number of nitrogens with zero attached hydrogens (tertiary/aromatic N) is 3. The summed E-state index contributed by atoms with van der Waals surface area (Å²) in [6.07, 6.45) is 2.44. The van der Waals surface area contributed by atoms with E-state index in [0.29, 0.717) is 25.5 Å². The predicted molar refractivity (Wildman–Crippen MR) is 100 cm³/mol. The minimum Gasteiger partial charge on any atom is -0.497 e. The van der Waals surface area contributed by atoms with Crippen LogP contribution in [0.1, 0.15) is 42.8 Å². The number of fused-ring (bicyclic) bond motifs is 1. The predicted octanol–water partition coefficient (Wildman–Crippen LogP) is 2.51. The van der Waals surface area contributed by atoms with E-state index in [4.69, 9.17) is 14.6 Å². The second-order valence-electron chi connectivity index (χ2n) is 6.88. The van der Waals surface area contributed by atoms with Gasteiger partial charge >= 0.3 is 0 Å². The Morgan fingerprint density at radius 2 is 2.07 bits per heavy atom. The van der Waals surface area contributed by atoms with Crippen molar-refractivity contribution in [2.75, 3.05) is 20.3 Å². The van der Waals surface area contributed by atoms with Crippen molar-refractivity contribution in [2.24, 2.45) is 0 Å². The summed E-state index contributed by atoms with van der Waals surface area (Å²) >= 11 is 0. The average Bonchev–Trinajstić information content (AvgIpc) is 3.33. The Morgan fingerprint density at radius 3 is 2.78 bits per heavy atom. The first-order valence-electron chi connectivity index (χ1n) is 9.38. The van der Waals surface area contributed by atoms with Gasteiger partial charge in [-0.3, -0.25) is 4.68 Å². The van der Waals surface area contributed by atoms with Crippen molar-refractivity contribution in [3.8, 4) is 5.75 Å². The zero-order chi connectivity index (χ0) is 19.0. The standard InChI is InChI=1S/C19H25N3O4S/c1-3-21-17-10-12-26-13-16(17)19(20-21)18-5-4-11-22(18)27(23,24)15-8-6-14(25-2)7-9-15/h6-9,18H,3-5,10-13H2,1-2H3. The topological polar surface area (TPSA) is 73.7 Å². The van der Waals surface area contributed by atoms with Gasteiger partial charge in [-0.15, -0.1) is 0 Å². The third kappa shape index (κ3) is 3.15. The number of sulfonamides is 1. The highest BCUT2D eigenvalue weighted by Gasteiger charge is 2.39. The van der Waals surface area contributed by atoms with Gasteiger partial charge in [-0.05, 0) is 44.0 Å². The van der Waals surface area contributed by atoms with Gasteiger partial charge in [-0.1, -0.05) is 0 Å². The van der Waals surface area contributed by atoms with Crippen molar-refractivity contribution < 1.29 is 17.9 Å². The molecule has 2 aromatic rings. The van der Waals surface area contributed by atoms with Crippen molar-refractivity contribution in [1.29, 1.82) is 0 Å². The smallest absolute Gasteiger partial charge is 0.243 e. The van der Waals surface area contributed by atoms with Crippen LogP contribution in [0.25, 0.3) is 0 Å². The summed E-state index contributed by atoms with van der Waals surface area (Å²) in [6.45, 7) is 4.55. The molecule has 0 radical (unpaired) electrons. The van der Waals surface area contributed by atoms with E-state index < -0.39 is 10.0 Å². The molecule has 1 fully saturated rings. The largest absolute Gasteiger partial charge is 0.497 e. The van der Waals surface area contributed by atoms with Crippen molar-refractivity contribution in [1.82, 2.24) is 14.1 Å². The van der Waals surface area contributed by atoms with Gasteiger partial charge < -0.3 is 9.47 Å². The molecule has 146 valence electrons. The Balaban J connectivity index is 1.71. The lowest BCUT2D eigenvalue weighted by Crippen LogP contribution is -2.31. The lowest BCUT2D eigenvalue weighted by Gasteiger charge is -2.24. The highest BCUT2D eigenvalue weighted by molar-refractivity contribution is 7.89. The molecule has 4 rings (SSSR count). The van der Waals surface area contributed by atoms with Gasteiger partial charge in [0.05, 0.1) is 37.0 Å². The zero-order valence-corrected chi connectivity index (χ0v) is 16.5. The fourth-order valence-electron chi connectivity index (χ4n) is 4.05. The molecule has 1 aromatic carbocycles. The summed E-state index contributed by atoms with van der Waals surface area (Å²) < 4.78 is 41.0. The minimum absolute atomic E-state index is 0.236. The summed E-state index contributed by atoms with van der Waals surface area (Å²) in [5.74, 6) is 0.639. The molecule has 0 spiro atoms. The van der Waals surface area contributed by atoms with E-state index in [0.717, 1.165) is 37.1 Å². The number of aryl methyl sites for hydroxylation is 1. The molecule has 1 atom stereocenters. The third-order valence-electron chi connectivity index (χ3n) is 5.41. The molecule has 0 saturated carbocycles. The summed E-state index contributed by atoms with van der Waals surface area (Å²) in [5.41, 5.74) is 3.12. The number of methoxy groups -OCH3 is 1. The van der Waals surface area contributed by atoms with Gasteiger partial charge in [0.25, 0.3) is 0 Å². The van der Waals surface area contributed by atoms with Crippen molar-refractivity contribution in [3.05, 3.63) is 41.2 Å². The van der Waals surface area contributed by atoms with Crippen LogP contribution in [0.2, 0.25) is 0 Å².